The molecular formula is C14H12F3NO2. The number of hydrogen-bond acceptors (Lipinski definition) is 3. The molecule has 1 atom stereocenters. The molecule has 0 bridgehead atoms. The molecule has 0 spiro atoms. The lowest BCUT2D eigenvalue weighted by Crippen LogP contribution is -2.32. The number of alkyl halides is 3. The van der Waals surface area contributed by atoms with Crippen LogP contribution in [0.2, 0.25) is 0 Å². The molecule has 0 saturated heterocycles. The highest BCUT2D eigenvalue weighted by Crippen LogP contribution is 2.35. The molecule has 1 aromatic rings. The molecule has 0 saturated carbocycles. The van der Waals surface area contributed by atoms with Crippen LogP contribution in [0, 0.1) is 5.41 Å². The number of carbonyl (C=O) groups excluding carboxylic acids is 1. The number of carbonyl (C=O) groups is 1. The van der Waals surface area contributed by atoms with E-state index in [1.807, 2.05) is 0 Å². The molecule has 0 amide bonds. The molecule has 0 fully saturated rings. The molecule has 6 heteroatoms. The van der Waals surface area contributed by atoms with Gasteiger partial charge in [0.15, 0.2) is 0 Å². The topological polar surface area (TPSA) is 38.7 Å². The molecule has 1 aliphatic heterocycles. The summed E-state index contributed by atoms with van der Waals surface area (Å²) < 4.78 is 37.5. The predicted octanol–water partition coefficient (Wildman–Crippen LogP) is 3.55. The van der Waals surface area contributed by atoms with Crippen molar-refractivity contribution in [3.8, 4) is 0 Å². The lowest BCUT2D eigenvalue weighted by molar-refractivity contribution is -0.147. The first-order valence-corrected chi connectivity index (χ1v) is 5.87. The Bertz CT molecular complexity index is 575. The average Bonchev–Trinajstić information content (AvgIpc) is 2.66. The summed E-state index contributed by atoms with van der Waals surface area (Å²) in [6.07, 6.45) is -2.55. The Hall–Kier alpha value is -2.11. The zero-order valence-corrected chi connectivity index (χ0v) is 10.7. The first-order valence-electron chi connectivity index (χ1n) is 5.87. The van der Waals surface area contributed by atoms with Gasteiger partial charge in [-0.2, -0.15) is 13.2 Å². The van der Waals surface area contributed by atoms with E-state index in [2.05, 4.69) is 16.6 Å². The number of benzene rings is 1. The second-order valence-corrected chi connectivity index (χ2v) is 4.72. The Morgan fingerprint density at radius 3 is 2.45 bits per heavy atom. The van der Waals surface area contributed by atoms with Crippen molar-refractivity contribution >= 4 is 11.7 Å². The van der Waals surface area contributed by atoms with Gasteiger partial charge in [0.1, 0.15) is 11.1 Å². The molecule has 1 aromatic carbocycles. The van der Waals surface area contributed by atoms with Crippen molar-refractivity contribution < 1.29 is 22.8 Å². The molecule has 20 heavy (non-hydrogen) atoms. The van der Waals surface area contributed by atoms with Crippen molar-refractivity contribution in [1.82, 2.24) is 0 Å². The van der Waals surface area contributed by atoms with Gasteiger partial charge in [0.2, 0.25) is 0 Å². The molecule has 2 rings (SSSR count). The van der Waals surface area contributed by atoms with Crippen LogP contribution in [0.15, 0.2) is 42.1 Å². The highest BCUT2D eigenvalue weighted by molar-refractivity contribution is 6.17. The highest BCUT2D eigenvalue weighted by atomic mass is 19.4. The van der Waals surface area contributed by atoms with Crippen LogP contribution in [0.4, 0.5) is 13.2 Å². The van der Waals surface area contributed by atoms with E-state index < -0.39 is 23.1 Å². The van der Waals surface area contributed by atoms with Crippen LogP contribution in [0.3, 0.4) is 0 Å². The molecule has 3 nitrogen and oxygen atoms in total. The van der Waals surface area contributed by atoms with E-state index in [1.54, 1.807) is 13.0 Å². The van der Waals surface area contributed by atoms with Gasteiger partial charge < -0.3 is 4.84 Å². The maximum atomic E-state index is 12.5. The summed E-state index contributed by atoms with van der Waals surface area (Å²) in [4.78, 5) is 16.4. The average molecular weight is 283 g/mol. The van der Waals surface area contributed by atoms with Crippen LogP contribution >= 0.6 is 0 Å². The smallest absolute Gasteiger partial charge is 0.317 e. The normalized spacial score (nSPS) is 22.4. The Labute approximate surface area is 113 Å². The third kappa shape index (κ3) is 2.33. The van der Waals surface area contributed by atoms with Crippen LogP contribution in [0.1, 0.15) is 24.5 Å². The minimum atomic E-state index is -4.40. The number of hydrogen-bond donors (Lipinski definition) is 0. The summed E-state index contributed by atoms with van der Waals surface area (Å²) in [5, 5.41) is 3.69. The van der Waals surface area contributed by atoms with E-state index in [0.29, 0.717) is 17.7 Å². The third-order valence-corrected chi connectivity index (χ3v) is 3.23. The maximum Gasteiger partial charge on any atom is 0.416 e. The van der Waals surface area contributed by atoms with Crippen LogP contribution in [-0.2, 0) is 15.8 Å². The van der Waals surface area contributed by atoms with Crippen molar-refractivity contribution in [2.24, 2.45) is 10.6 Å². The summed E-state index contributed by atoms with van der Waals surface area (Å²) in [6, 6.07) is 4.47. The second kappa shape index (κ2) is 4.77. The fourth-order valence-corrected chi connectivity index (χ4v) is 2.04. The van der Waals surface area contributed by atoms with Crippen LogP contribution in [-0.4, -0.2) is 11.7 Å². The summed E-state index contributed by atoms with van der Waals surface area (Å²) >= 11 is 0. The van der Waals surface area contributed by atoms with Gasteiger partial charge in [-0.15, -0.1) is 6.58 Å². The fraction of sp³-hybridized carbons (Fsp3) is 0.286. The van der Waals surface area contributed by atoms with E-state index in [-0.39, 0.29) is 0 Å². The van der Waals surface area contributed by atoms with Gasteiger partial charge in [-0.25, -0.2) is 4.79 Å². The lowest BCUT2D eigenvalue weighted by Gasteiger charge is -2.19. The van der Waals surface area contributed by atoms with Crippen molar-refractivity contribution in [2.45, 2.75) is 19.5 Å². The minimum absolute atomic E-state index is 0.297. The van der Waals surface area contributed by atoms with Gasteiger partial charge >= 0.3 is 12.1 Å². The van der Waals surface area contributed by atoms with Crippen LogP contribution in [0.5, 0.6) is 0 Å². The lowest BCUT2D eigenvalue weighted by atomic mass is 9.79. The van der Waals surface area contributed by atoms with Crippen molar-refractivity contribution in [2.75, 3.05) is 0 Å². The molecule has 1 unspecified atom stereocenters. The maximum absolute atomic E-state index is 12.5. The molecule has 1 aliphatic rings. The van der Waals surface area contributed by atoms with Crippen molar-refractivity contribution in [1.29, 1.82) is 0 Å². The molecule has 0 radical (unpaired) electrons. The standard InChI is InChI=1S/C14H12F3NO2/c1-3-8-13(2)11(18-20-12(13)19)9-4-6-10(7-5-9)14(15,16)17/h3-7H,1,8H2,2H3. The van der Waals surface area contributed by atoms with Crippen LogP contribution < -0.4 is 0 Å². The van der Waals surface area contributed by atoms with Gasteiger partial charge in [0.05, 0.1) is 5.56 Å². The summed E-state index contributed by atoms with van der Waals surface area (Å²) in [5.74, 6) is -0.535. The first kappa shape index (κ1) is 14.3. The Morgan fingerprint density at radius 2 is 1.95 bits per heavy atom. The Kier molecular flexibility index (Phi) is 3.41. The largest absolute Gasteiger partial charge is 0.416 e. The highest BCUT2D eigenvalue weighted by Gasteiger charge is 2.45. The molecule has 0 aromatic heterocycles. The minimum Gasteiger partial charge on any atom is -0.317 e. The van der Waals surface area contributed by atoms with E-state index in [0.717, 1.165) is 12.1 Å². The Morgan fingerprint density at radius 1 is 1.35 bits per heavy atom. The van der Waals surface area contributed by atoms with Gasteiger partial charge in [0.25, 0.3) is 0 Å². The summed E-state index contributed by atoms with van der Waals surface area (Å²) in [5.41, 5.74) is -1.02. The number of allylic oxidation sites excluding steroid dienone is 1. The predicted molar refractivity (Wildman–Crippen MR) is 67.0 cm³/mol. The van der Waals surface area contributed by atoms with Gasteiger partial charge in [-0.1, -0.05) is 23.4 Å². The van der Waals surface area contributed by atoms with E-state index in [4.69, 9.17) is 0 Å². The third-order valence-electron chi connectivity index (χ3n) is 3.23. The fourth-order valence-electron chi connectivity index (χ4n) is 2.04. The van der Waals surface area contributed by atoms with Crippen molar-refractivity contribution in [3.05, 3.63) is 48.0 Å². The van der Waals surface area contributed by atoms with E-state index in [9.17, 15) is 18.0 Å². The monoisotopic (exact) mass is 283 g/mol. The zero-order chi connectivity index (χ0) is 15.0. The van der Waals surface area contributed by atoms with Crippen molar-refractivity contribution in [3.63, 3.8) is 0 Å². The van der Waals surface area contributed by atoms with Gasteiger partial charge in [-0.05, 0) is 25.5 Å². The molecule has 0 aliphatic carbocycles. The number of halogens is 3. The Balaban J connectivity index is 2.37. The molecule has 106 valence electrons. The van der Waals surface area contributed by atoms with Crippen LogP contribution in [0.25, 0.3) is 0 Å². The number of rotatable bonds is 3. The molecule has 1 heterocycles. The second-order valence-electron chi connectivity index (χ2n) is 4.72. The number of nitrogens with zero attached hydrogens (tertiary/aromatic N) is 1. The number of oxime groups is 1. The zero-order valence-electron chi connectivity index (χ0n) is 10.7. The molecular weight excluding hydrogens is 271 g/mol. The quantitative estimate of drug-likeness (QED) is 0.628. The van der Waals surface area contributed by atoms with Gasteiger partial charge in [-0.3, -0.25) is 0 Å². The van der Waals surface area contributed by atoms with E-state index in [1.165, 1.54) is 12.1 Å². The summed E-state index contributed by atoms with van der Waals surface area (Å²) in [6.45, 7) is 5.19. The first-order chi connectivity index (χ1) is 9.29. The summed E-state index contributed by atoms with van der Waals surface area (Å²) in [7, 11) is 0. The molecule has 0 N–H and O–H groups in total. The van der Waals surface area contributed by atoms with E-state index >= 15 is 0 Å². The SMILES string of the molecule is C=CCC1(C)C(=O)ON=C1c1ccc(C(F)(F)F)cc1. The van der Waals surface area contributed by atoms with Gasteiger partial charge in [0, 0.05) is 5.56 Å².